The molecule has 0 spiro atoms. The first-order chi connectivity index (χ1) is 12.6. The molecule has 26 heavy (non-hydrogen) atoms. The van der Waals surface area contributed by atoms with Crippen LogP contribution in [0.3, 0.4) is 0 Å². The van der Waals surface area contributed by atoms with E-state index in [1.165, 1.54) is 0 Å². The van der Waals surface area contributed by atoms with Gasteiger partial charge in [-0.15, -0.1) is 0 Å². The lowest BCUT2D eigenvalue weighted by molar-refractivity contribution is 0.581. The monoisotopic (exact) mass is 367 g/mol. The van der Waals surface area contributed by atoms with Crippen molar-refractivity contribution in [2.45, 2.75) is 24.5 Å². The van der Waals surface area contributed by atoms with Crippen LogP contribution in [0.4, 0.5) is 0 Å². The van der Waals surface area contributed by atoms with Gasteiger partial charge in [0.25, 0.3) is 0 Å². The predicted octanol–water partition coefficient (Wildman–Crippen LogP) is 2.85. The molecule has 1 aromatic heterocycles. The molecule has 1 heterocycles. The molecule has 0 saturated heterocycles. The Bertz CT molecular complexity index is 930. The lowest BCUT2D eigenvalue weighted by atomic mass is 10.2. The highest BCUT2D eigenvalue weighted by Gasteiger charge is 2.14. The van der Waals surface area contributed by atoms with Crippen LogP contribution in [0.5, 0.6) is 0 Å². The van der Waals surface area contributed by atoms with Gasteiger partial charge in [0.15, 0.2) is 0 Å². The number of aromatic nitrogens is 1. The van der Waals surface area contributed by atoms with Crippen LogP contribution in [0, 0.1) is 0 Å². The second-order valence-corrected chi connectivity index (χ2v) is 7.65. The van der Waals surface area contributed by atoms with Gasteiger partial charge in [0.2, 0.25) is 10.0 Å². The van der Waals surface area contributed by atoms with Gasteiger partial charge in [-0.2, -0.15) is 0 Å². The normalized spacial score (nSPS) is 11.4. The average molecular weight is 367 g/mol. The zero-order chi connectivity index (χ0) is 18.2. The summed E-state index contributed by atoms with van der Waals surface area (Å²) in [6, 6.07) is 22.2. The third kappa shape index (κ3) is 5.23. The standard InChI is InChI=1S/C20H21N3O2S/c24-26(25,23-15-17-7-2-1-3-8-17)20-11-6-9-18(13-20)14-21-16-19-10-4-5-12-22-19/h1-13,21,23H,14-16H2. The molecular formula is C20H21N3O2S. The van der Waals surface area contributed by atoms with Crippen molar-refractivity contribution in [3.63, 3.8) is 0 Å². The van der Waals surface area contributed by atoms with E-state index in [9.17, 15) is 8.42 Å². The van der Waals surface area contributed by atoms with Crippen LogP contribution in [-0.2, 0) is 29.7 Å². The lowest BCUT2D eigenvalue weighted by Gasteiger charge is -2.09. The van der Waals surface area contributed by atoms with Gasteiger partial charge in [-0.05, 0) is 35.4 Å². The minimum atomic E-state index is -3.55. The number of hydrogen-bond donors (Lipinski definition) is 2. The van der Waals surface area contributed by atoms with Gasteiger partial charge in [-0.1, -0.05) is 48.5 Å². The highest BCUT2D eigenvalue weighted by atomic mass is 32.2. The topological polar surface area (TPSA) is 71.1 Å². The fourth-order valence-electron chi connectivity index (χ4n) is 2.52. The molecule has 6 heteroatoms. The molecule has 0 fully saturated rings. The number of sulfonamides is 1. The summed E-state index contributed by atoms with van der Waals surface area (Å²) in [6.07, 6.45) is 1.75. The van der Waals surface area contributed by atoms with Gasteiger partial charge in [-0.25, -0.2) is 13.1 Å². The van der Waals surface area contributed by atoms with Crippen LogP contribution in [0.15, 0.2) is 83.9 Å². The lowest BCUT2D eigenvalue weighted by Crippen LogP contribution is -2.23. The first-order valence-corrected chi connectivity index (χ1v) is 9.85. The summed E-state index contributed by atoms with van der Waals surface area (Å²) < 4.78 is 27.7. The maximum absolute atomic E-state index is 12.5. The molecule has 0 aliphatic heterocycles. The van der Waals surface area contributed by atoms with E-state index in [0.717, 1.165) is 16.8 Å². The minimum absolute atomic E-state index is 0.269. The summed E-state index contributed by atoms with van der Waals surface area (Å²) in [7, 11) is -3.55. The molecule has 0 radical (unpaired) electrons. The van der Waals surface area contributed by atoms with Gasteiger partial charge in [0, 0.05) is 25.8 Å². The van der Waals surface area contributed by atoms with E-state index in [1.54, 1.807) is 24.4 Å². The van der Waals surface area contributed by atoms with Gasteiger partial charge in [0.05, 0.1) is 10.6 Å². The molecule has 0 aliphatic rings. The number of nitrogens with zero attached hydrogens (tertiary/aromatic N) is 1. The molecule has 2 aromatic carbocycles. The first-order valence-electron chi connectivity index (χ1n) is 8.37. The third-order valence-corrected chi connectivity index (χ3v) is 5.28. The molecule has 0 amide bonds. The fourth-order valence-corrected chi connectivity index (χ4v) is 3.61. The SMILES string of the molecule is O=S(=O)(NCc1ccccc1)c1cccc(CNCc2ccccn2)c1. The number of pyridine rings is 1. The smallest absolute Gasteiger partial charge is 0.240 e. The van der Waals surface area contributed by atoms with Crippen LogP contribution in [0.2, 0.25) is 0 Å². The maximum atomic E-state index is 12.5. The van der Waals surface area contributed by atoms with Crippen molar-refractivity contribution >= 4 is 10.0 Å². The summed E-state index contributed by atoms with van der Waals surface area (Å²) in [5.74, 6) is 0. The molecule has 134 valence electrons. The zero-order valence-electron chi connectivity index (χ0n) is 14.3. The third-order valence-electron chi connectivity index (χ3n) is 3.88. The minimum Gasteiger partial charge on any atom is -0.307 e. The number of hydrogen-bond acceptors (Lipinski definition) is 4. The Hall–Kier alpha value is -2.54. The molecular weight excluding hydrogens is 346 g/mol. The quantitative estimate of drug-likeness (QED) is 0.642. The summed E-state index contributed by atoms with van der Waals surface area (Å²) >= 11 is 0. The summed E-state index contributed by atoms with van der Waals surface area (Å²) in [6.45, 7) is 1.47. The first kappa shape index (κ1) is 18.3. The zero-order valence-corrected chi connectivity index (χ0v) is 15.1. The number of benzene rings is 2. The molecule has 0 aliphatic carbocycles. The van der Waals surface area contributed by atoms with Crippen molar-refractivity contribution in [3.8, 4) is 0 Å². The number of nitrogens with one attached hydrogen (secondary N) is 2. The van der Waals surface area contributed by atoms with Crippen molar-refractivity contribution in [1.82, 2.24) is 15.0 Å². The maximum Gasteiger partial charge on any atom is 0.240 e. The van der Waals surface area contributed by atoms with Crippen molar-refractivity contribution in [2.24, 2.45) is 0 Å². The van der Waals surface area contributed by atoms with E-state index in [0.29, 0.717) is 13.1 Å². The molecule has 0 bridgehead atoms. The Kier molecular flexibility index (Phi) is 6.12. The van der Waals surface area contributed by atoms with Crippen LogP contribution in [-0.4, -0.2) is 13.4 Å². The Morgan fingerprint density at radius 3 is 2.31 bits per heavy atom. The second-order valence-electron chi connectivity index (χ2n) is 5.88. The van der Waals surface area contributed by atoms with E-state index in [2.05, 4.69) is 15.0 Å². The number of rotatable bonds is 8. The van der Waals surface area contributed by atoms with Gasteiger partial charge < -0.3 is 5.32 Å². The average Bonchev–Trinajstić information content (AvgIpc) is 2.68. The van der Waals surface area contributed by atoms with E-state index in [-0.39, 0.29) is 11.4 Å². The Labute approximate surface area is 154 Å². The van der Waals surface area contributed by atoms with Crippen LogP contribution < -0.4 is 10.0 Å². The summed E-state index contributed by atoms with van der Waals surface area (Å²) in [5, 5.41) is 3.28. The van der Waals surface area contributed by atoms with Crippen molar-refractivity contribution < 1.29 is 8.42 Å². The molecule has 0 saturated carbocycles. The van der Waals surface area contributed by atoms with Gasteiger partial charge >= 0.3 is 0 Å². The molecule has 2 N–H and O–H groups in total. The highest BCUT2D eigenvalue weighted by molar-refractivity contribution is 7.89. The van der Waals surface area contributed by atoms with Crippen LogP contribution >= 0.6 is 0 Å². The molecule has 3 aromatic rings. The van der Waals surface area contributed by atoms with Gasteiger partial charge in [-0.3, -0.25) is 4.98 Å². The van der Waals surface area contributed by atoms with Crippen LogP contribution in [0.1, 0.15) is 16.8 Å². The van der Waals surface area contributed by atoms with Crippen molar-refractivity contribution in [2.75, 3.05) is 0 Å². The largest absolute Gasteiger partial charge is 0.307 e. The van der Waals surface area contributed by atoms with Crippen molar-refractivity contribution in [3.05, 3.63) is 95.8 Å². The molecule has 0 atom stereocenters. The Morgan fingerprint density at radius 1 is 0.769 bits per heavy atom. The molecule has 0 unspecified atom stereocenters. The van der Waals surface area contributed by atoms with E-state index in [4.69, 9.17) is 0 Å². The highest BCUT2D eigenvalue weighted by Crippen LogP contribution is 2.12. The summed E-state index contributed by atoms with van der Waals surface area (Å²) in [5.41, 5.74) is 2.77. The second kappa shape index (κ2) is 8.71. The molecule has 3 rings (SSSR count). The van der Waals surface area contributed by atoms with Crippen LogP contribution in [0.25, 0.3) is 0 Å². The Balaban J connectivity index is 1.60. The van der Waals surface area contributed by atoms with E-state index >= 15 is 0 Å². The Morgan fingerprint density at radius 2 is 1.54 bits per heavy atom. The van der Waals surface area contributed by atoms with E-state index < -0.39 is 10.0 Å². The van der Waals surface area contributed by atoms with Crippen molar-refractivity contribution in [1.29, 1.82) is 0 Å². The predicted molar refractivity (Wildman–Crippen MR) is 102 cm³/mol. The van der Waals surface area contributed by atoms with E-state index in [1.807, 2.05) is 54.6 Å². The summed E-state index contributed by atoms with van der Waals surface area (Å²) in [4.78, 5) is 4.52. The molecule has 5 nitrogen and oxygen atoms in total. The fraction of sp³-hybridized carbons (Fsp3) is 0.150. The van der Waals surface area contributed by atoms with Gasteiger partial charge in [0.1, 0.15) is 0 Å².